The lowest BCUT2D eigenvalue weighted by Crippen LogP contribution is -2.13. The Labute approximate surface area is 194 Å². The van der Waals surface area contributed by atoms with E-state index < -0.39 is 16.0 Å². The standard InChI is InChI=1S/C23H17BrN2O5S/c1-30-19-8-10-20(11-9-19)32(28,29)31-22-12-7-16(14-21(22)24)13-17(15-25)23(27)26-18-5-3-2-4-6-18/h2-14H,1H3,(H,26,27)/b17-13+. The molecule has 162 valence electrons. The van der Waals surface area contributed by atoms with Crippen molar-refractivity contribution in [1.82, 2.24) is 0 Å². The summed E-state index contributed by atoms with van der Waals surface area (Å²) < 4.78 is 35.7. The van der Waals surface area contributed by atoms with Crippen LogP contribution in [0, 0.1) is 11.3 Å². The minimum atomic E-state index is -4.07. The van der Waals surface area contributed by atoms with Crippen LogP contribution in [0.1, 0.15) is 5.56 Å². The molecule has 0 heterocycles. The van der Waals surface area contributed by atoms with Crippen LogP contribution in [0.5, 0.6) is 11.5 Å². The van der Waals surface area contributed by atoms with Gasteiger partial charge in [0.05, 0.1) is 11.6 Å². The number of hydrogen-bond donors (Lipinski definition) is 1. The smallest absolute Gasteiger partial charge is 0.339 e. The summed E-state index contributed by atoms with van der Waals surface area (Å²) in [7, 11) is -2.58. The molecule has 0 aliphatic heterocycles. The Kier molecular flexibility index (Phi) is 7.30. The van der Waals surface area contributed by atoms with Gasteiger partial charge in [-0.1, -0.05) is 24.3 Å². The molecule has 0 aliphatic rings. The lowest BCUT2D eigenvalue weighted by atomic mass is 10.1. The van der Waals surface area contributed by atoms with Crippen LogP contribution in [-0.2, 0) is 14.9 Å². The monoisotopic (exact) mass is 512 g/mol. The number of nitrogens with one attached hydrogen (secondary N) is 1. The molecule has 0 fully saturated rings. The third kappa shape index (κ3) is 5.75. The van der Waals surface area contributed by atoms with E-state index >= 15 is 0 Å². The van der Waals surface area contributed by atoms with Crippen molar-refractivity contribution >= 4 is 43.7 Å². The van der Waals surface area contributed by atoms with Gasteiger partial charge in [0.15, 0.2) is 5.75 Å². The highest BCUT2D eigenvalue weighted by Gasteiger charge is 2.18. The van der Waals surface area contributed by atoms with Gasteiger partial charge in [-0.25, -0.2) is 0 Å². The zero-order chi connectivity index (χ0) is 23.1. The Morgan fingerprint density at radius 2 is 1.75 bits per heavy atom. The molecule has 32 heavy (non-hydrogen) atoms. The van der Waals surface area contributed by atoms with Gasteiger partial charge < -0.3 is 14.2 Å². The summed E-state index contributed by atoms with van der Waals surface area (Å²) in [6, 6.07) is 20.9. The zero-order valence-corrected chi connectivity index (χ0v) is 19.2. The molecule has 0 radical (unpaired) electrons. The molecule has 0 saturated heterocycles. The number of benzene rings is 3. The normalized spacial score (nSPS) is 11.3. The molecular weight excluding hydrogens is 496 g/mol. The predicted octanol–water partition coefficient (Wildman–Crippen LogP) is 4.77. The van der Waals surface area contributed by atoms with Crippen molar-refractivity contribution < 1.29 is 22.1 Å². The van der Waals surface area contributed by atoms with Gasteiger partial charge in [-0.2, -0.15) is 13.7 Å². The summed E-state index contributed by atoms with van der Waals surface area (Å²) in [5.74, 6) is 0.0216. The predicted molar refractivity (Wildman–Crippen MR) is 124 cm³/mol. The topological polar surface area (TPSA) is 105 Å². The van der Waals surface area contributed by atoms with Crippen molar-refractivity contribution in [3.05, 3.63) is 88.4 Å². The SMILES string of the molecule is COc1ccc(S(=O)(=O)Oc2ccc(/C=C(\C#N)C(=O)Nc3ccccc3)cc2Br)cc1. The first kappa shape index (κ1) is 23.1. The van der Waals surface area contributed by atoms with Gasteiger partial charge in [0.1, 0.15) is 22.3 Å². The van der Waals surface area contributed by atoms with Crippen molar-refractivity contribution in [2.45, 2.75) is 4.90 Å². The van der Waals surface area contributed by atoms with Gasteiger partial charge >= 0.3 is 10.1 Å². The molecule has 0 aliphatic carbocycles. The first-order valence-corrected chi connectivity index (χ1v) is 11.4. The number of hydrogen-bond acceptors (Lipinski definition) is 6. The van der Waals surface area contributed by atoms with Crippen LogP contribution in [0.3, 0.4) is 0 Å². The second kappa shape index (κ2) is 10.1. The number of anilines is 1. The lowest BCUT2D eigenvalue weighted by molar-refractivity contribution is -0.112. The highest BCUT2D eigenvalue weighted by Crippen LogP contribution is 2.30. The Bertz CT molecular complexity index is 1300. The van der Waals surface area contributed by atoms with Crippen LogP contribution in [-0.4, -0.2) is 21.4 Å². The van der Waals surface area contributed by atoms with E-state index in [9.17, 15) is 18.5 Å². The molecule has 3 rings (SSSR count). The van der Waals surface area contributed by atoms with Crippen LogP contribution < -0.4 is 14.2 Å². The molecule has 1 amide bonds. The molecule has 3 aromatic carbocycles. The van der Waals surface area contributed by atoms with Crippen molar-refractivity contribution in [3.8, 4) is 17.6 Å². The number of rotatable bonds is 7. The van der Waals surface area contributed by atoms with Crippen LogP contribution in [0.15, 0.2) is 87.7 Å². The summed E-state index contributed by atoms with van der Waals surface area (Å²) in [4.78, 5) is 12.3. The number of nitriles is 1. The molecule has 0 unspecified atom stereocenters. The third-order valence-corrected chi connectivity index (χ3v) is 6.08. The van der Waals surface area contributed by atoms with Crippen LogP contribution in [0.25, 0.3) is 6.08 Å². The molecule has 9 heteroatoms. The van der Waals surface area contributed by atoms with Crippen molar-refractivity contribution in [1.29, 1.82) is 5.26 Å². The third-order valence-electron chi connectivity index (χ3n) is 4.21. The second-order valence-electron chi connectivity index (χ2n) is 6.39. The minimum absolute atomic E-state index is 0.0291. The van der Waals surface area contributed by atoms with Gasteiger partial charge in [0.2, 0.25) is 0 Å². The quantitative estimate of drug-likeness (QED) is 0.277. The average Bonchev–Trinajstić information content (AvgIpc) is 2.79. The molecule has 7 nitrogen and oxygen atoms in total. The zero-order valence-electron chi connectivity index (χ0n) is 16.8. The number of halogens is 1. The average molecular weight is 513 g/mol. The van der Waals surface area contributed by atoms with E-state index in [4.69, 9.17) is 8.92 Å². The number of carbonyl (C=O) groups is 1. The van der Waals surface area contributed by atoms with E-state index in [-0.39, 0.29) is 16.2 Å². The fourth-order valence-electron chi connectivity index (χ4n) is 2.62. The second-order valence-corrected chi connectivity index (χ2v) is 8.79. The van der Waals surface area contributed by atoms with E-state index in [1.807, 2.05) is 12.1 Å². The molecular formula is C23H17BrN2O5S. The van der Waals surface area contributed by atoms with Gasteiger partial charge in [-0.05, 0) is 76.1 Å². The first-order chi connectivity index (χ1) is 15.3. The largest absolute Gasteiger partial charge is 0.497 e. The summed E-state index contributed by atoms with van der Waals surface area (Å²) in [6.45, 7) is 0. The highest BCUT2D eigenvalue weighted by molar-refractivity contribution is 9.10. The highest BCUT2D eigenvalue weighted by atomic mass is 79.9. The molecule has 0 saturated carbocycles. The van der Waals surface area contributed by atoms with E-state index in [0.717, 1.165) is 0 Å². The Morgan fingerprint density at radius 1 is 1.06 bits per heavy atom. The fourth-order valence-corrected chi connectivity index (χ4v) is 4.15. The Balaban J connectivity index is 1.79. The number of ether oxygens (including phenoxy) is 1. The molecule has 3 aromatic rings. The summed E-state index contributed by atoms with van der Waals surface area (Å²) >= 11 is 3.28. The number of amides is 1. The molecule has 0 aromatic heterocycles. The van der Waals surface area contributed by atoms with Gasteiger partial charge in [-0.15, -0.1) is 0 Å². The van der Waals surface area contributed by atoms with Crippen molar-refractivity contribution in [3.63, 3.8) is 0 Å². The van der Waals surface area contributed by atoms with Crippen LogP contribution in [0.4, 0.5) is 5.69 Å². The Hall–Kier alpha value is -3.61. The Morgan fingerprint density at radius 3 is 2.34 bits per heavy atom. The first-order valence-electron chi connectivity index (χ1n) is 9.18. The van der Waals surface area contributed by atoms with Crippen LogP contribution >= 0.6 is 15.9 Å². The maximum absolute atomic E-state index is 12.5. The van der Waals surface area contributed by atoms with E-state index in [2.05, 4.69) is 21.2 Å². The molecule has 0 atom stereocenters. The summed E-state index contributed by atoms with van der Waals surface area (Å²) in [6.07, 6.45) is 1.39. The summed E-state index contributed by atoms with van der Waals surface area (Å²) in [5, 5.41) is 12.0. The number of nitrogens with zero attached hydrogens (tertiary/aromatic N) is 1. The molecule has 0 bridgehead atoms. The van der Waals surface area contributed by atoms with Crippen molar-refractivity contribution in [2.75, 3.05) is 12.4 Å². The number of carbonyl (C=O) groups excluding carboxylic acids is 1. The van der Waals surface area contributed by atoms with Gasteiger partial charge in [0.25, 0.3) is 5.91 Å². The fraction of sp³-hybridized carbons (Fsp3) is 0.0435. The number of para-hydroxylation sites is 1. The maximum atomic E-state index is 12.5. The van der Waals surface area contributed by atoms with Gasteiger partial charge in [0, 0.05) is 5.69 Å². The van der Waals surface area contributed by atoms with Gasteiger partial charge in [-0.3, -0.25) is 4.79 Å². The maximum Gasteiger partial charge on any atom is 0.339 e. The van der Waals surface area contributed by atoms with E-state index in [1.165, 1.54) is 49.6 Å². The lowest BCUT2D eigenvalue weighted by Gasteiger charge is -2.10. The van der Waals surface area contributed by atoms with Crippen LogP contribution in [0.2, 0.25) is 0 Å². The van der Waals surface area contributed by atoms with E-state index in [0.29, 0.717) is 21.5 Å². The minimum Gasteiger partial charge on any atom is -0.497 e. The molecule has 0 spiro atoms. The van der Waals surface area contributed by atoms with E-state index in [1.54, 1.807) is 30.3 Å². The number of methoxy groups -OCH3 is 1. The van der Waals surface area contributed by atoms with Crippen molar-refractivity contribution in [2.24, 2.45) is 0 Å². The summed E-state index contributed by atoms with van der Waals surface area (Å²) in [5.41, 5.74) is 0.957. The molecule has 1 N–H and O–H groups in total.